The molecule has 2 saturated heterocycles. The predicted molar refractivity (Wildman–Crippen MR) is 83.4 cm³/mol. The second kappa shape index (κ2) is 5.23. The van der Waals surface area contributed by atoms with Gasteiger partial charge in [-0.2, -0.15) is 0 Å². The summed E-state index contributed by atoms with van der Waals surface area (Å²) in [6, 6.07) is 9.19. The first-order valence-electron chi connectivity index (χ1n) is 7.91. The topological polar surface area (TPSA) is 42.0 Å². The van der Waals surface area contributed by atoms with Gasteiger partial charge < -0.3 is 5.32 Å². The van der Waals surface area contributed by atoms with Gasteiger partial charge in [0, 0.05) is 41.8 Å². The van der Waals surface area contributed by atoms with Gasteiger partial charge >= 0.3 is 0 Å². The van der Waals surface area contributed by atoms with E-state index in [-0.39, 0.29) is 5.78 Å². The van der Waals surface area contributed by atoms with Gasteiger partial charge in [0.05, 0.1) is 0 Å². The lowest BCUT2D eigenvalue weighted by atomic mass is 9.86. The van der Waals surface area contributed by atoms with E-state index in [9.17, 15) is 4.79 Å². The summed E-state index contributed by atoms with van der Waals surface area (Å²) in [5.41, 5.74) is 0.862. The van der Waals surface area contributed by atoms with E-state index in [2.05, 4.69) is 10.3 Å². The Bertz CT molecular complexity index is 664. The second-order valence-electron chi connectivity index (χ2n) is 6.50. The average molecular weight is 280 g/mol. The third kappa shape index (κ3) is 2.46. The number of nitrogens with zero attached hydrogens (tertiary/aromatic N) is 1. The summed E-state index contributed by atoms with van der Waals surface area (Å²) in [6.45, 7) is 0. The van der Waals surface area contributed by atoms with E-state index in [1.807, 2.05) is 30.5 Å². The Morgan fingerprint density at radius 3 is 2.81 bits per heavy atom. The molecule has 4 rings (SSSR count). The molecule has 2 bridgehead atoms. The highest BCUT2D eigenvalue weighted by Crippen LogP contribution is 2.33. The maximum absolute atomic E-state index is 12.7. The number of carbonyl (C=O) groups excluding carboxylic acids is 1. The number of hydrogen-bond acceptors (Lipinski definition) is 3. The fraction of sp³-hybridized carbons (Fsp3) is 0.444. The first kappa shape index (κ1) is 13.0. The second-order valence-corrected chi connectivity index (χ2v) is 6.50. The van der Waals surface area contributed by atoms with Crippen LogP contribution in [-0.2, 0) is 0 Å². The zero-order valence-corrected chi connectivity index (χ0v) is 12.1. The van der Waals surface area contributed by atoms with E-state index in [1.165, 1.54) is 12.8 Å². The molecule has 2 aliphatic heterocycles. The van der Waals surface area contributed by atoms with Crippen LogP contribution in [0, 0.1) is 5.92 Å². The van der Waals surface area contributed by atoms with Crippen molar-refractivity contribution in [3.8, 4) is 0 Å². The Morgan fingerprint density at radius 2 is 2.00 bits per heavy atom. The summed E-state index contributed by atoms with van der Waals surface area (Å²) in [5.74, 6) is 0.839. The minimum atomic E-state index is 0.290. The first-order chi connectivity index (χ1) is 10.3. The minimum absolute atomic E-state index is 0.290. The van der Waals surface area contributed by atoms with E-state index in [0.29, 0.717) is 24.4 Å². The monoisotopic (exact) mass is 280 g/mol. The molecule has 3 heteroatoms. The molecule has 108 valence electrons. The molecule has 2 aliphatic rings. The average Bonchev–Trinajstić information content (AvgIpc) is 2.85. The molecule has 2 fully saturated rings. The van der Waals surface area contributed by atoms with Crippen molar-refractivity contribution in [1.29, 1.82) is 0 Å². The van der Waals surface area contributed by atoms with Crippen molar-refractivity contribution in [3.63, 3.8) is 0 Å². The van der Waals surface area contributed by atoms with Crippen LogP contribution in [-0.4, -0.2) is 22.9 Å². The molecule has 2 unspecified atom stereocenters. The summed E-state index contributed by atoms with van der Waals surface area (Å²) in [5, 5.41) is 5.73. The highest BCUT2D eigenvalue weighted by Gasteiger charge is 2.34. The predicted octanol–water partition coefficient (Wildman–Crippen LogP) is 3.34. The lowest BCUT2D eigenvalue weighted by Crippen LogP contribution is -2.38. The Morgan fingerprint density at radius 1 is 1.19 bits per heavy atom. The van der Waals surface area contributed by atoms with Crippen LogP contribution in [0.25, 0.3) is 10.8 Å². The molecule has 2 aromatic rings. The van der Waals surface area contributed by atoms with Crippen molar-refractivity contribution in [2.75, 3.05) is 0 Å². The Labute approximate surface area is 124 Å². The van der Waals surface area contributed by atoms with Crippen LogP contribution in [0.4, 0.5) is 0 Å². The van der Waals surface area contributed by atoms with Gasteiger partial charge in [-0.3, -0.25) is 9.78 Å². The summed E-state index contributed by atoms with van der Waals surface area (Å²) in [4.78, 5) is 16.9. The molecule has 0 saturated carbocycles. The van der Waals surface area contributed by atoms with Gasteiger partial charge in [0.1, 0.15) is 0 Å². The van der Waals surface area contributed by atoms with Gasteiger partial charge in [0.25, 0.3) is 0 Å². The number of hydrogen-bond donors (Lipinski definition) is 1. The molecule has 0 radical (unpaired) electrons. The van der Waals surface area contributed by atoms with E-state index in [4.69, 9.17) is 0 Å². The van der Waals surface area contributed by atoms with E-state index in [1.54, 1.807) is 6.20 Å². The molecule has 2 atom stereocenters. The molecule has 0 amide bonds. The van der Waals surface area contributed by atoms with Crippen LogP contribution in [0.15, 0.2) is 36.7 Å². The highest BCUT2D eigenvalue weighted by molar-refractivity contribution is 6.07. The third-order valence-corrected chi connectivity index (χ3v) is 5.03. The van der Waals surface area contributed by atoms with Crippen molar-refractivity contribution in [3.05, 3.63) is 42.2 Å². The molecule has 1 aromatic heterocycles. The summed E-state index contributed by atoms with van der Waals surface area (Å²) >= 11 is 0. The van der Waals surface area contributed by atoms with Crippen molar-refractivity contribution in [2.24, 2.45) is 5.92 Å². The molecule has 1 aromatic carbocycles. The fourth-order valence-corrected chi connectivity index (χ4v) is 4.08. The number of piperidine rings is 1. The third-order valence-electron chi connectivity index (χ3n) is 5.03. The van der Waals surface area contributed by atoms with Crippen molar-refractivity contribution < 1.29 is 4.79 Å². The number of carbonyl (C=O) groups is 1. The summed E-state index contributed by atoms with van der Waals surface area (Å²) in [7, 11) is 0. The normalized spacial score (nSPS) is 27.9. The van der Waals surface area contributed by atoms with Crippen molar-refractivity contribution in [2.45, 2.75) is 44.2 Å². The lowest BCUT2D eigenvalue weighted by molar-refractivity contribution is 0.0947. The molecule has 0 spiro atoms. The van der Waals surface area contributed by atoms with Crippen LogP contribution in [0.3, 0.4) is 0 Å². The van der Waals surface area contributed by atoms with Crippen LogP contribution in [0.2, 0.25) is 0 Å². The molecule has 3 heterocycles. The van der Waals surface area contributed by atoms with Crippen molar-refractivity contribution in [1.82, 2.24) is 10.3 Å². The Hall–Kier alpha value is -1.74. The molecular weight excluding hydrogens is 260 g/mol. The zero-order valence-electron chi connectivity index (χ0n) is 12.1. The van der Waals surface area contributed by atoms with E-state index >= 15 is 0 Å². The summed E-state index contributed by atoms with van der Waals surface area (Å²) in [6.07, 6.45) is 9.19. The van der Waals surface area contributed by atoms with Crippen LogP contribution in [0.1, 0.15) is 42.5 Å². The quantitative estimate of drug-likeness (QED) is 0.877. The van der Waals surface area contributed by atoms with Crippen LogP contribution < -0.4 is 5.32 Å². The first-order valence-corrected chi connectivity index (χ1v) is 7.91. The van der Waals surface area contributed by atoms with Gasteiger partial charge in [-0.05, 0) is 43.1 Å². The van der Waals surface area contributed by atoms with Crippen LogP contribution in [0.5, 0.6) is 0 Å². The smallest absolute Gasteiger partial charge is 0.163 e. The number of rotatable bonds is 3. The maximum Gasteiger partial charge on any atom is 0.163 e. The van der Waals surface area contributed by atoms with Gasteiger partial charge in [-0.1, -0.05) is 18.2 Å². The number of ketones is 1. The zero-order chi connectivity index (χ0) is 14.2. The molecule has 3 nitrogen and oxygen atoms in total. The minimum Gasteiger partial charge on any atom is -0.311 e. The lowest BCUT2D eigenvalue weighted by Gasteiger charge is -2.28. The number of benzene rings is 1. The number of aromatic nitrogens is 1. The van der Waals surface area contributed by atoms with Crippen molar-refractivity contribution >= 4 is 16.6 Å². The molecule has 21 heavy (non-hydrogen) atoms. The Kier molecular flexibility index (Phi) is 3.23. The van der Waals surface area contributed by atoms with Gasteiger partial charge in [0.2, 0.25) is 0 Å². The van der Waals surface area contributed by atoms with Gasteiger partial charge in [-0.15, -0.1) is 0 Å². The largest absolute Gasteiger partial charge is 0.311 e. The van der Waals surface area contributed by atoms with Gasteiger partial charge in [-0.25, -0.2) is 0 Å². The van der Waals surface area contributed by atoms with Gasteiger partial charge in [0.15, 0.2) is 5.78 Å². The SMILES string of the molecule is O=C(CC1CC2CCC(C1)N2)c1cccc2cnccc12. The summed E-state index contributed by atoms with van der Waals surface area (Å²) < 4.78 is 0. The maximum atomic E-state index is 12.7. The standard InChI is InChI=1S/C18H20N2O/c21-18(10-12-8-14-4-5-15(9-12)20-14)17-3-1-2-13-11-19-7-6-16(13)17/h1-3,6-7,11-12,14-15,20H,4-5,8-10H2. The number of Topliss-reactive ketones (excluding diaryl/α,β-unsaturated/α-hetero) is 1. The van der Waals surface area contributed by atoms with E-state index in [0.717, 1.165) is 29.2 Å². The number of pyridine rings is 1. The highest BCUT2D eigenvalue weighted by atomic mass is 16.1. The molecule has 0 aliphatic carbocycles. The molecular formula is C18H20N2O. The Balaban J connectivity index is 1.56. The van der Waals surface area contributed by atoms with E-state index < -0.39 is 0 Å². The molecule has 1 N–H and O–H groups in total. The van der Waals surface area contributed by atoms with Crippen LogP contribution >= 0.6 is 0 Å². The fourth-order valence-electron chi connectivity index (χ4n) is 4.08. The number of nitrogens with one attached hydrogen (secondary N) is 1. The number of fused-ring (bicyclic) bond motifs is 3.